The minimum atomic E-state index is -4.64. The lowest BCUT2D eigenvalue weighted by Gasteiger charge is -2.20. The van der Waals surface area contributed by atoms with Crippen LogP contribution >= 0.6 is 7.82 Å². The van der Waals surface area contributed by atoms with Crippen LogP contribution in [0.3, 0.4) is 0 Å². The molecule has 0 aromatic carbocycles. The number of carbonyl (C=O) groups is 2. The van der Waals surface area contributed by atoms with E-state index in [1.54, 1.807) is 0 Å². The summed E-state index contributed by atoms with van der Waals surface area (Å²) in [6, 6.07) is 0. The third kappa shape index (κ3) is 37.0. The molecule has 0 aromatic rings. The van der Waals surface area contributed by atoms with Gasteiger partial charge in [0.05, 0.1) is 19.8 Å². The van der Waals surface area contributed by atoms with Crippen molar-refractivity contribution in [2.75, 3.05) is 26.4 Å². The van der Waals surface area contributed by atoms with Gasteiger partial charge in [-0.1, -0.05) is 111 Å². The molecule has 0 aliphatic carbocycles. The van der Waals surface area contributed by atoms with E-state index in [0.29, 0.717) is 12.8 Å². The predicted octanol–water partition coefficient (Wildman–Crippen LogP) is 9.66. The van der Waals surface area contributed by atoms with Gasteiger partial charge in [-0.3, -0.25) is 18.6 Å². The highest BCUT2D eigenvalue weighted by Crippen LogP contribution is 2.43. The summed E-state index contributed by atoms with van der Waals surface area (Å²) < 4.78 is 32.5. The van der Waals surface area contributed by atoms with Gasteiger partial charge in [-0.05, 0) is 89.9 Å². The topological polar surface area (TPSA) is 149 Å². The average molecular weight is 763 g/mol. The molecule has 0 heterocycles. The van der Waals surface area contributed by atoms with Gasteiger partial charge >= 0.3 is 19.8 Å². The fourth-order valence-electron chi connectivity index (χ4n) is 4.32. The van der Waals surface area contributed by atoms with Gasteiger partial charge in [0, 0.05) is 12.8 Å². The number of hydrogen-bond donors (Lipinski definition) is 3. The number of ether oxygens (including phenoxy) is 2. The zero-order chi connectivity index (χ0) is 39.1. The maximum Gasteiger partial charge on any atom is 0.472 e. The Hall–Kier alpha value is -3.11. The summed E-state index contributed by atoms with van der Waals surface area (Å²) in [5, 5.41) is 18.3. The minimum absolute atomic E-state index is 0.116. The van der Waals surface area contributed by atoms with Crippen molar-refractivity contribution in [3.8, 4) is 0 Å². The molecule has 0 spiro atoms. The number of esters is 2. The van der Waals surface area contributed by atoms with Gasteiger partial charge in [0.15, 0.2) is 6.10 Å². The van der Waals surface area contributed by atoms with Gasteiger partial charge in [-0.2, -0.15) is 0 Å². The first-order valence-corrected chi connectivity index (χ1v) is 20.7. The molecule has 0 aliphatic heterocycles. The van der Waals surface area contributed by atoms with Crippen LogP contribution in [0.15, 0.2) is 97.2 Å². The van der Waals surface area contributed by atoms with Gasteiger partial charge < -0.3 is 24.6 Å². The van der Waals surface area contributed by atoms with Crippen LogP contribution in [0.5, 0.6) is 0 Å². The smallest absolute Gasteiger partial charge is 0.462 e. The predicted molar refractivity (Wildman–Crippen MR) is 214 cm³/mol. The van der Waals surface area contributed by atoms with Crippen LogP contribution in [0.25, 0.3) is 0 Å². The van der Waals surface area contributed by atoms with Crippen molar-refractivity contribution in [3.63, 3.8) is 0 Å². The first-order valence-electron chi connectivity index (χ1n) is 19.2. The summed E-state index contributed by atoms with van der Waals surface area (Å²) in [7, 11) is -4.64. The highest BCUT2D eigenvalue weighted by molar-refractivity contribution is 7.47. The molecule has 0 bridgehead atoms. The molecule has 0 amide bonds. The number of allylic oxidation sites excluding steroid dienone is 16. The summed E-state index contributed by atoms with van der Waals surface area (Å²) in [5.74, 6) is -1.04. The lowest BCUT2D eigenvalue weighted by atomic mass is 10.1. The molecule has 300 valence electrons. The summed E-state index contributed by atoms with van der Waals surface area (Å²) >= 11 is 0. The van der Waals surface area contributed by atoms with E-state index in [1.807, 2.05) is 0 Å². The van der Waals surface area contributed by atoms with Crippen molar-refractivity contribution in [3.05, 3.63) is 97.2 Å². The SMILES string of the molecule is CC/C=C\C/C=C\C/C=C\C/C=C\CCCCC(=O)OC[C@H](COP(=O)(O)OC[C@@H](O)CO)OC(=O)CCCC/C=C\C/C=C\C/C=C\C/C=C\CC. The van der Waals surface area contributed by atoms with Crippen molar-refractivity contribution in [1.82, 2.24) is 0 Å². The Morgan fingerprint density at radius 1 is 0.566 bits per heavy atom. The fraction of sp³-hybridized carbons (Fsp3) is 0.571. The van der Waals surface area contributed by atoms with Gasteiger partial charge in [0.2, 0.25) is 0 Å². The third-order valence-corrected chi connectivity index (χ3v) is 8.18. The van der Waals surface area contributed by atoms with E-state index in [2.05, 4.69) is 116 Å². The zero-order valence-electron chi connectivity index (χ0n) is 32.2. The number of aliphatic hydroxyl groups excluding tert-OH is 2. The molecule has 0 saturated carbocycles. The van der Waals surface area contributed by atoms with E-state index >= 15 is 0 Å². The molecule has 53 heavy (non-hydrogen) atoms. The van der Waals surface area contributed by atoms with Crippen LogP contribution in [0.1, 0.15) is 117 Å². The van der Waals surface area contributed by atoms with Crippen LogP contribution < -0.4 is 0 Å². The summed E-state index contributed by atoms with van der Waals surface area (Å²) in [4.78, 5) is 34.8. The van der Waals surface area contributed by atoms with Gasteiger partial charge in [0.25, 0.3) is 0 Å². The fourth-order valence-corrected chi connectivity index (χ4v) is 5.11. The molecule has 10 nitrogen and oxygen atoms in total. The second-order valence-electron chi connectivity index (χ2n) is 12.2. The van der Waals surface area contributed by atoms with Gasteiger partial charge in [0.1, 0.15) is 12.7 Å². The Labute approximate surface area is 319 Å². The molecular weight excluding hydrogens is 695 g/mol. The largest absolute Gasteiger partial charge is 0.472 e. The second-order valence-corrected chi connectivity index (χ2v) is 13.6. The minimum Gasteiger partial charge on any atom is -0.462 e. The number of phosphoric acid groups is 1. The molecule has 3 atom stereocenters. The van der Waals surface area contributed by atoms with Crippen LogP contribution in [0, 0.1) is 0 Å². The standard InChI is InChI=1S/C42H67O10P/c1-3-5-7-9-11-13-15-17-19-21-23-25-27-29-31-33-41(45)49-37-40(38-51-53(47,48)50-36-39(44)35-43)52-42(46)34-32-30-28-26-24-22-20-18-16-14-12-10-8-6-4-2/h5-8,11-14,17-20,23-26,39-40,43-44H,3-4,9-10,15-16,21-22,27-38H2,1-2H3,(H,47,48)/b7-5-,8-6-,13-11-,14-12-,19-17-,20-18-,25-23-,26-24-/t39-,40+/m0/s1. The lowest BCUT2D eigenvalue weighted by Crippen LogP contribution is -2.29. The lowest BCUT2D eigenvalue weighted by molar-refractivity contribution is -0.161. The van der Waals surface area contributed by atoms with E-state index in [9.17, 15) is 24.2 Å². The van der Waals surface area contributed by atoms with Gasteiger partial charge in [-0.15, -0.1) is 0 Å². The third-order valence-electron chi connectivity index (χ3n) is 7.23. The van der Waals surface area contributed by atoms with Crippen LogP contribution in [0.4, 0.5) is 0 Å². The van der Waals surface area contributed by atoms with Crippen molar-refractivity contribution >= 4 is 19.8 Å². The molecule has 0 aliphatic rings. The van der Waals surface area contributed by atoms with Gasteiger partial charge in [-0.25, -0.2) is 4.57 Å². The number of hydrogen-bond acceptors (Lipinski definition) is 9. The van der Waals surface area contributed by atoms with E-state index in [-0.39, 0.29) is 19.4 Å². The number of phosphoric ester groups is 1. The van der Waals surface area contributed by atoms with Crippen LogP contribution in [0.2, 0.25) is 0 Å². The summed E-state index contributed by atoms with van der Waals surface area (Å²) in [5.41, 5.74) is 0. The molecule has 0 fully saturated rings. The zero-order valence-corrected chi connectivity index (χ0v) is 33.1. The second kappa shape index (κ2) is 37.2. The Kier molecular flexibility index (Phi) is 35.0. The van der Waals surface area contributed by atoms with Crippen molar-refractivity contribution in [1.29, 1.82) is 0 Å². The van der Waals surface area contributed by atoms with E-state index in [1.165, 1.54) is 0 Å². The van der Waals surface area contributed by atoms with E-state index < -0.39 is 51.8 Å². The van der Waals surface area contributed by atoms with Crippen molar-refractivity contribution in [2.45, 2.75) is 129 Å². The molecule has 0 rings (SSSR count). The van der Waals surface area contributed by atoms with Crippen LogP contribution in [-0.2, 0) is 32.7 Å². The van der Waals surface area contributed by atoms with Crippen molar-refractivity contribution in [2.24, 2.45) is 0 Å². The first-order chi connectivity index (χ1) is 25.7. The van der Waals surface area contributed by atoms with E-state index in [0.717, 1.165) is 77.0 Å². The first kappa shape index (κ1) is 49.9. The Balaban J connectivity index is 4.54. The number of aliphatic hydroxyl groups is 2. The Morgan fingerprint density at radius 2 is 0.962 bits per heavy atom. The quantitative estimate of drug-likeness (QED) is 0.0250. The Bertz CT molecular complexity index is 1200. The molecule has 1 unspecified atom stereocenters. The summed E-state index contributed by atoms with van der Waals surface area (Å²) in [6.45, 7) is 2.01. The maximum atomic E-state index is 12.5. The molecule has 3 N–H and O–H groups in total. The number of rotatable bonds is 34. The Morgan fingerprint density at radius 3 is 1.40 bits per heavy atom. The molecular formula is C42H67O10P. The average Bonchev–Trinajstić information content (AvgIpc) is 3.14. The molecule has 0 aromatic heterocycles. The number of unbranched alkanes of at least 4 members (excludes halogenated alkanes) is 4. The highest BCUT2D eigenvalue weighted by atomic mass is 31.2. The molecule has 0 radical (unpaired) electrons. The normalized spacial score (nSPS) is 15.0. The molecule has 11 heteroatoms. The molecule has 0 saturated heterocycles. The van der Waals surface area contributed by atoms with E-state index in [4.69, 9.17) is 19.1 Å². The van der Waals surface area contributed by atoms with Crippen molar-refractivity contribution < 1.29 is 47.8 Å². The number of carbonyl (C=O) groups excluding carboxylic acids is 2. The monoisotopic (exact) mass is 762 g/mol. The highest BCUT2D eigenvalue weighted by Gasteiger charge is 2.27. The summed E-state index contributed by atoms with van der Waals surface area (Å²) in [6.07, 6.45) is 43.9. The maximum absolute atomic E-state index is 12.5. The van der Waals surface area contributed by atoms with Crippen LogP contribution in [-0.4, -0.2) is 65.7 Å².